The predicted octanol–water partition coefficient (Wildman–Crippen LogP) is 5.48. The minimum atomic E-state index is -3.97. The maximum absolute atomic E-state index is 13.3. The highest BCUT2D eigenvalue weighted by atomic mass is 32.2. The van der Waals surface area contributed by atoms with Gasteiger partial charge in [-0.05, 0) is 43.4 Å². The number of sulfonamides is 1. The molecule has 9 nitrogen and oxygen atoms in total. The normalized spacial score (nSPS) is 12.3. The maximum atomic E-state index is 13.3. The van der Waals surface area contributed by atoms with Crippen molar-refractivity contribution in [1.82, 2.24) is 10.1 Å². The fourth-order valence-corrected chi connectivity index (χ4v) is 5.58. The molecule has 0 aliphatic rings. The largest absolute Gasteiger partial charge is 0.467 e. The van der Waals surface area contributed by atoms with Gasteiger partial charge < -0.3 is 14.2 Å². The number of ether oxygens (including phenoxy) is 1. The third-order valence-electron chi connectivity index (χ3n) is 6.65. The fourth-order valence-electron chi connectivity index (χ4n) is 4.31. The molecule has 1 unspecified atom stereocenters. The first-order chi connectivity index (χ1) is 18.5. The summed E-state index contributed by atoms with van der Waals surface area (Å²) >= 11 is 0. The molecule has 210 valence electrons. The van der Waals surface area contributed by atoms with Crippen LogP contribution in [-0.2, 0) is 30.9 Å². The van der Waals surface area contributed by atoms with E-state index in [2.05, 4.69) is 9.88 Å². The van der Waals surface area contributed by atoms with Crippen molar-refractivity contribution in [3.05, 3.63) is 65.4 Å². The Balaban J connectivity index is 1.91. The Hall–Kier alpha value is -3.66. The van der Waals surface area contributed by atoms with Crippen molar-refractivity contribution in [3.63, 3.8) is 0 Å². The number of aryl methyl sites for hydroxylation is 1. The Labute approximate surface area is 230 Å². The highest BCUT2D eigenvalue weighted by Crippen LogP contribution is 2.30. The van der Waals surface area contributed by atoms with Gasteiger partial charge in [0.15, 0.2) is 0 Å². The second kappa shape index (κ2) is 12.9. The van der Waals surface area contributed by atoms with Gasteiger partial charge in [0.25, 0.3) is 10.0 Å². The Morgan fingerprint density at radius 3 is 2.31 bits per heavy atom. The van der Waals surface area contributed by atoms with Gasteiger partial charge in [-0.3, -0.25) is 4.79 Å². The third-order valence-corrected chi connectivity index (χ3v) is 8.04. The second-order valence-corrected chi connectivity index (χ2v) is 11.5. The molecule has 39 heavy (non-hydrogen) atoms. The highest BCUT2D eigenvalue weighted by Gasteiger charge is 2.33. The lowest BCUT2D eigenvalue weighted by atomic mass is 9.99. The Bertz CT molecular complexity index is 1400. The average molecular weight is 556 g/mol. The van der Waals surface area contributed by atoms with Crippen molar-refractivity contribution < 1.29 is 27.3 Å². The molecule has 10 heteroatoms. The summed E-state index contributed by atoms with van der Waals surface area (Å²) in [6.45, 7) is 9.48. The minimum Gasteiger partial charge on any atom is -0.467 e. The zero-order chi connectivity index (χ0) is 28.7. The molecule has 0 radical (unpaired) electrons. The molecule has 0 bridgehead atoms. The van der Waals surface area contributed by atoms with Crippen LogP contribution in [0.25, 0.3) is 11.1 Å². The molecule has 0 fully saturated rings. The quantitative estimate of drug-likeness (QED) is 0.294. The van der Waals surface area contributed by atoms with Crippen LogP contribution in [0.1, 0.15) is 56.9 Å². The van der Waals surface area contributed by atoms with Gasteiger partial charge in [-0.15, -0.1) is 0 Å². The van der Waals surface area contributed by atoms with E-state index in [-0.39, 0.29) is 29.1 Å². The number of hydrogen-bond donors (Lipinski definition) is 1. The van der Waals surface area contributed by atoms with E-state index in [1.807, 2.05) is 45.0 Å². The first kappa shape index (κ1) is 29.9. The minimum absolute atomic E-state index is 0.0794. The van der Waals surface area contributed by atoms with E-state index in [1.165, 1.54) is 13.2 Å². The summed E-state index contributed by atoms with van der Waals surface area (Å²) in [6, 6.07) is 13.3. The zero-order valence-corrected chi connectivity index (χ0v) is 24.2. The van der Waals surface area contributed by atoms with E-state index >= 15 is 0 Å². The van der Waals surface area contributed by atoms with Crippen LogP contribution in [0.3, 0.4) is 0 Å². The van der Waals surface area contributed by atoms with Crippen LogP contribution in [-0.4, -0.2) is 43.5 Å². The van der Waals surface area contributed by atoms with Crippen LogP contribution in [0.15, 0.2) is 57.9 Å². The second-order valence-electron chi connectivity index (χ2n) is 9.86. The number of methoxy groups -OCH3 is 1. The number of rotatable bonds is 12. The van der Waals surface area contributed by atoms with Crippen LogP contribution in [0.5, 0.6) is 0 Å². The van der Waals surface area contributed by atoms with Crippen LogP contribution in [0.2, 0.25) is 0 Å². The summed E-state index contributed by atoms with van der Waals surface area (Å²) in [5.74, 6) is -0.611. The lowest BCUT2D eigenvalue weighted by Crippen LogP contribution is -2.48. The van der Waals surface area contributed by atoms with Gasteiger partial charge in [0.05, 0.1) is 17.7 Å². The Kier molecular flexibility index (Phi) is 9.91. The zero-order valence-electron chi connectivity index (χ0n) is 23.4. The van der Waals surface area contributed by atoms with Crippen LogP contribution in [0, 0.1) is 19.8 Å². The van der Waals surface area contributed by atoms with Crippen molar-refractivity contribution in [2.75, 3.05) is 11.8 Å². The molecule has 1 amide bonds. The molecule has 3 rings (SSSR count). The summed E-state index contributed by atoms with van der Waals surface area (Å²) in [5, 5.41) is 3.82. The number of hydrogen-bond acceptors (Lipinski definition) is 7. The molecule has 0 spiro atoms. The van der Waals surface area contributed by atoms with Gasteiger partial charge >= 0.3 is 5.97 Å². The molecule has 0 saturated heterocycles. The number of nitrogens with one attached hydrogen (secondary N) is 1. The molecule has 1 N–H and O–H groups in total. The number of aromatic nitrogens is 1. The topological polar surface area (TPSA) is 119 Å². The molecule has 0 aliphatic heterocycles. The molecule has 0 aliphatic carbocycles. The number of unbranched alkanes of at least 4 members (excludes halogenated alkanes) is 1. The number of nitrogens with zero attached hydrogens (tertiary/aromatic N) is 2. The van der Waals surface area contributed by atoms with E-state index in [4.69, 9.17) is 9.26 Å². The molecule has 1 heterocycles. The summed E-state index contributed by atoms with van der Waals surface area (Å²) in [6.07, 6.45) is 1.94. The molecular weight excluding hydrogens is 518 g/mol. The number of carbonyl (C=O) groups is 2. The summed E-state index contributed by atoms with van der Waals surface area (Å²) in [4.78, 5) is 27.4. The number of benzene rings is 2. The van der Waals surface area contributed by atoms with E-state index in [0.717, 1.165) is 18.4 Å². The van der Waals surface area contributed by atoms with Gasteiger partial charge in [-0.1, -0.05) is 74.8 Å². The van der Waals surface area contributed by atoms with Crippen LogP contribution in [0.4, 0.5) is 5.88 Å². The van der Waals surface area contributed by atoms with Gasteiger partial charge in [-0.25, -0.2) is 17.9 Å². The third kappa shape index (κ3) is 7.06. The van der Waals surface area contributed by atoms with E-state index in [9.17, 15) is 18.0 Å². The Morgan fingerprint density at radius 1 is 1.08 bits per heavy atom. The maximum Gasteiger partial charge on any atom is 0.328 e. The highest BCUT2D eigenvalue weighted by molar-refractivity contribution is 7.92. The van der Waals surface area contributed by atoms with E-state index in [1.54, 1.807) is 36.9 Å². The smallest absolute Gasteiger partial charge is 0.328 e. The van der Waals surface area contributed by atoms with E-state index in [0.29, 0.717) is 28.8 Å². The number of esters is 1. The first-order valence-electron chi connectivity index (χ1n) is 13.0. The van der Waals surface area contributed by atoms with Crippen molar-refractivity contribution in [2.45, 2.75) is 71.4 Å². The summed E-state index contributed by atoms with van der Waals surface area (Å²) < 4.78 is 39.2. The molecule has 1 aromatic heterocycles. The summed E-state index contributed by atoms with van der Waals surface area (Å²) in [7, 11) is -2.65. The van der Waals surface area contributed by atoms with Gasteiger partial charge in [0.1, 0.15) is 6.04 Å². The van der Waals surface area contributed by atoms with Gasteiger partial charge in [0.2, 0.25) is 11.8 Å². The van der Waals surface area contributed by atoms with Gasteiger partial charge in [0, 0.05) is 24.1 Å². The lowest BCUT2D eigenvalue weighted by molar-refractivity contribution is -0.155. The van der Waals surface area contributed by atoms with Crippen molar-refractivity contribution >= 4 is 27.8 Å². The fraction of sp³-hybridized carbons (Fsp3) is 0.414. The van der Waals surface area contributed by atoms with Crippen LogP contribution >= 0.6 is 0 Å². The monoisotopic (exact) mass is 555 g/mol. The first-order valence-corrected chi connectivity index (χ1v) is 14.5. The average Bonchev–Trinajstić information content (AvgIpc) is 3.23. The van der Waals surface area contributed by atoms with Crippen LogP contribution < -0.4 is 4.72 Å². The predicted molar refractivity (Wildman–Crippen MR) is 149 cm³/mol. The van der Waals surface area contributed by atoms with E-state index < -0.39 is 22.0 Å². The van der Waals surface area contributed by atoms with Crippen molar-refractivity contribution in [1.29, 1.82) is 0 Å². The molecule has 0 saturated carbocycles. The number of amides is 1. The standard InChI is InChI=1S/C29H37N3O6S/c1-7-8-13-26(33)32(27(19(2)3)29(34)37-6)18-22-14-16-23(17-15-22)24-11-9-10-12-25(24)39(35,36)31-28-20(4)21(5)30-38-28/h9-12,14-17,19,27,31H,7-8,13,18H2,1-6H3. The number of carbonyl (C=O) groups excluding carboxylic acids is 2. The molecule has 1 atom stereocenters. The van der Waals surface area contributed by atoms with Crippen molar-refractivity contribution in [2.24, 2.45) is 5.92 Å². The number of anilines is 1. The molecular formula is C29H37N3O6S. The summed E-state index contributed by atoms with van der Waals surface area (Å²) in [5.41, 5.74) is 3.22. The SMILES string of the molecule is CCCCC(=O)N(Cc1ccc(-c2ccccc2S(=O)(=O)Nc2onc(C)c2C)cc1)C(C(=O)OC)C(C)C. The molecule has 2 aromatic carbocycles. The van der Waals surface area contributed by atoms with Gasteiger partial charge in [-0.2, -0.15) is 0 Å². The lowest BCUT2D eigenvalue weighted by Gasteiger charge is -2.32. The molecule has 3 aromatic rings. The Morgan fingerprint density at radius 2 is 1.74 bits per heavy atom. The van der Waals surface area contributed by atoms with Crippen molar-refractivity contribution in [3.8, 4) is 11.1 Å².